The van der Waals surface area contributed by atoms with E-state index < -0.39 is 0 Å². The van der Waals surface area contributed by atoms with Gasteiger partial charge >= 0.3 is 7.12 Å². The summed E-state index contributed by atoms with van der Waals surface area (Å²) in [4.78, 5) is 8.67. The van der Waals surface area contributed by atoms with Crippen LogP contribution in [0.4, 0.5) is 0 Å². The first-order valence-electron chi connectivity index (χ1n) is 6.10. The van der Waals surface area contributed by atoms with Gasteiger partial charge in [-0.05, 0) is 27.7 Å². The molecule has 1 aliphatic heterocycles. The maximum atomic E-state index is 6.01. The molecule has 1 aliphatic rings. The van der Waals surface area contributed by atoms with Crippen molar-refractivity contribution < 1.29 is 9.31 Å². The van der Waals surface area contributed by atoms with E-state index in [0.717, 1.165) is 14.8 Å². The first kappa shape index (κ1) is 13.2. The van der Waals surface area contributed by atoms with Crippen LogP contribution in [-0.4, -0.2) is 28.3 Å². The number of thiazole rings is 2. The van der Waals surface area contributed by atoms with E-state index in [2.05, 4.69) is 37.7 Å². The zero-order valence-corrected chi connectivity index (χ0v) is 13.0. The van der Waals surface area contributed by atoms with Gasteiger partial charge in [-0.15, -0.1) is 22.7 Å². The van der Waals surface area contributed by atoms with Gasteiger partial charge in [-0.1, -0.05) is 0 Å². The highest BCUT2D eigenvalue weighted by Gasteiger charge is 2.52. The summed E-state index contributed by atoms with van der Waals surface area (Å²) in [5, 5.41) is 3.80. The molecule has 0 saturated carbocycles. The average Bonchev–Trinajstić information content (AvgIpc) is 3.00. The van der Waals surface area contributed by atoms with Gasteiger partial charge in [0.15, 0.2) is 10.0 Å². The molecule has 4 nitrogen and oxygen atoms in total. The standard InChI is InChI=1S/C12H15BN2O2S2/c1-11(2)12(3,4)17-13(16-11)8-7-15-10(19-8)9-14-5-6-18-9/h5-7H,1-4H3. The van der Waals surface area contributed by atoms with Gasteiger partial charge in [0.1, 0.15) is 0 Å². The summed E-state index contributed by atoms with van der Waals surface area (Å²) in [7, 11) is -0.337. The van der Waals surface area contributed by atoms with Crippen molar-refractivity contribution in [2.75, 3.05) is 0 Å². The van der Waals surface area contributed by atoms with Gasteiger partial charge in [0.2, 0.25) is 0 Å². The number of aromatic nitrogens is 2. The molecule has 0 aliphatic carbocycles. The lowest BCUT2D eigenvalue weighted by Gasteiger charge is -2.32. The number of rotatable bonds is 2. The monoisotopic (exact) mass is 294 g/mol. The van der Waals surface area contributed by atoms with E-state index in [1.54, 1.807) is 28.9 Å². The SMILES string of the molecule is CC1(C)OB(c2cnc(-c3nccs3)s2)OC1(C)C. The smallest absolute Gasteiger partial charge is 0.399 e. The Hall–Kier alpha value is -0.755. The molecular formula is C12H15BN2O2S2. The Morgan fingerprint density at radius 3 is 2.32 bits per heavy atom. The highest BCUT2D eigenvalue weighted by atomic mass is 32.1. The molecular weight excluding hydrogens is 279 g/mol. The van der Waals surface area contributed by atoms with E-state index >= 15 is 0 Å². The van der Waals surface area contributed by atoms with Crippen LogP contribution in [0.1, 0.15) is 27.7 Å². The van der Waals surface area contributed by atoms with Gasteiger partial charge in [0.25, 0.3) is 0 Å². The molecule has 0 atom stereocenters. The summed E-state index contributed by atoms with van der Waals surface area (Å²) in [5.41, 5.74) is -0.633. The zero-order valence-electron chi connectivity index (χ0n) is 11.3. The third-order valence-corrected chi connectivity index (χ3v) is 5.56. The van der Waals surface area contributed by atoms with Crippen molar-refractivity contribution in [1.29, 1.82) is 0 Å². The Morgan fingerprint density at radius 1 is 1.05 bits per heavy atom. The van der Waals surface area contributed by atoms with E-state index in [1.807, 2.05) is 11.6 Å². The lowest BCUT2D eigenvalue weighted by atomic mass is 9.89. The zero-order chi connectivity index (χ0) is 13.7. The molecule has 3 rings (SSSR count). The molecule has 0 spiro atoms. The quantitative estimate of drug-likeness (QED) is 0.799. The minimum Gasteiger partial charge on any atom is -0.399 e. The molecule has 100 valence electrons. The average molecular weight is 294 g/mol. The molecule has 19 heavy (non-hydrogen) atoms. The minimum absolute atomic E-state index is 0.316. The molecule has 2 aromatic heterocycles. The van der Waals surface area contributed by atoms with E-state index in [1.165, 1.54) is 0 Å². The second-order valence-electron chi connectivity index (χ2n) is 5.49. The first-order chi connectivity index (χ1) is 8.89. The van der Waals surface area contributed by atoms with Crippen LogP contribution in [0.2, 0.25) is 0 Å². The Kier molecular flexibility index (Phi) is 3.05. The van der Waals surface area contributed by atoms with Crippen molar-refractivity contribution in [3.63, 3.8) is 0 Å². The van der Waals surface area contributed by atoms with Crippen molar-refractivity contribution in [3.05, 3.63) is 17.8 Å². The van der Waals surface area contributed by atoms with Crippen LogP contribution in [0.5, 0.6) is 0 Å². The summed E-state index contributed by atoms with van der Waals surface area (Å²) in [6, 6.07) is 0. The van der Waals surface area contributed by atoms with E-state index in [4.69, 9.17) is 9.31 Å². The van der Waals surface area contributed by atoms with Crippen molar-refractivity contribution >= 4 is 34.6 Å². The Labute approximate surface area is 121 Å². The maximum absolute atomic E-state index is 6.01. The van der Waals surface area contributed by atoms with E-state index in [9.17, 15) is 0 Å². The normalized spacial score (nSPS) is 20.9. The van der Waals surface area contributed by atoms with Crippen molar-refractivity contribution in [2.24, 2.45) is 0 Å². The predicted octanol–water partition coefficient (Wildman–Crippen LogP) is 2.57. The number of hydrogen-bond donors (Lipinski definition) is 0. The van der Waals surface area contributed by atoms with Gasteiger partial charge in [-0.25, -0.2) is 9.97 Å². The summed E-state index contributed by atoms with van der Waals surface area (Å²) in [6.07, 6.45) is 3.61. The molecule has 0 unspecified atom stereocenters. The molecule has 0 aromatic carbocycles. The van der Waals surface area contributed by atoms with Gasteiger partial charge in [0.05, 0.1) is 16.0 Å². The molecule has 7 heteroatoms. The van der Waals surface area contributed by atoms with Crippen LogP contribution in [0.25, 0.3) is 10.0 Å². The first-order valence-corrected chi connectivity index (χ1v) is 7.80. The largest absolute Gasteiger partial charge is 0.507 e. The summed E-state index contributed by atoms with van der Waals surface area (Å²) in [6.45, 7) is 8.21. The Bertz CT molecular complexity index is 564. The van der Waals surface area contributed by atoms with Crippen LogP contribution in [0.15, 0.2) is 17.8 Å². The van der Waals surface area contributed by atoms with Crippen molar-refractivity contribution in [1.82, 2.24) is 9.97 Å². The third-order valence-electron chi connectivity index (χ3n) is 3.62. The highest BCUT2D eigenvalue weighted by Crippen LogP contribution is 2.37. The van der Waals surface area contributed by atoms with Gasteiger partial charge in [-0.2, -0.15) is 0 Å². The van der Waals surface area contributed by atoms with Crippen molar-refractivity contribution in [3.8, 4) is 10.0 Å². The molecule has 2 aromatic rings. The molecule has 0 radical (unpaired) electrons. The second-order valence-corrected chi connectivity index (χ2v) is 7.45. The lowest BCUT2D eigenvalue weighted by molar-refractivity contribution is 0.00578. The van der Waals surface area contributed by atoms with Crippen molar-refractivity contribution in [2.45, 2.75) is 38.9 Å². The Balaban J connectivity index is 1.85. The Morgan fingerprint density at radius 2 is 1.74 bits per heavy atom. The minimum atomic E-state index is -0.337. The molecule has 1 fully saturated rings. The van der Waals surface area contributed by atoms with Crippen LogP contribution < -0.4 is 4.78 Å². The lowest BCUT2D eigenvalue weighted by Crippen LogP contribution is -2.41. The van der Waals surface area contributed by atoms with Crippen LogP contribution in [-0.2, 0) is 9.31 Å². The summed E-state index contributed by atoms with van der Waals surface area (Å²) >= 11 is 3.16. The summed E-state index contributed by atoms with van der Waals surface area (Å²) < 4.78 is 13.0. The third kappa shape index (κ3) is 2.25. The van der Waals surface area contributed by atoms with Gasteiger partial charge in [-0.3, -0.25) is 0 Å². The topological polar surface area (TPSA) is 44.2 Å². The van der Waals surface area contributed by atoms with Crippen LogP contribution in [0.3, 0.4) is 0 Å². The second kappa shape index (κ2) is 4.38. The fourth-order valence-corrected chi connectivity index (χ4v) is 3.34. The van der Waals surface area contributed by atoms with Gasteiger partial charge < -0.3 is 9.31 Å². The fourth-order valence-electron chi connectivity index (χ4n) is 1.78. The fraction of sp³-hybridized carbons (Fsp3) is 0.500. The number of nitrogens with zero attached hydrogens (tertiary/aromatic N) is 2. The highest BCUT2D eigenvalue weighted by molar-refractivity contribution is 7.27. The van der Waals surface area contributed by atoms with Crippen LogP contribution in [0, 0.1) is 0 Å². The van der Waals surface area contributed by atoms with E-state index in [-0.39, 0.29) is 18.3 Å². The molecule has 0 N–H and O–H groups in total. The van der Waals surface area contributed by atoms with Gasteiger partial charge in [0, 0.05) is 17.8 Å². The number of hydrogen-bond acceptors (Lipinski definition) is 6. The van der Waals surface area contributed by atoms with Crippen LogP contribution >= 0.6 is 22.7 Å². The molecule has 3 heterocycles. The predicted molar refractivity (Wildman–Crippen MR) is 78.9 cm³/mol. The summed E-state index contributed by atoms with van der Waals surface area (Å²) in [5.74, 6) is 0. The maximum Gasteiger partial charge on any atom is 0.507 e. The molecule has 0 bridgehead atoms. The molecule has 0 amide bonds. The molecule has 1 saturated heterocycles. The van der Waals surface area contributed by atoms with E-state index in [0.29, 0.717) is 0 Å².